The number of nitrogens with one attached hydrogen (secondary N) is 1. The molecule has 0 saturated heterocycles. The zero-order valence-electron chi connectivity index (χ0n) is 5.22. The van der Waals surface area contributed by atoms with E-state index in [4.69, 9.17) is 5.21 Å². The molecule has 8 heavy (non-hydrogen) atoms. The summed E-state index contributed by atoms with van der Waals surface area (Å²) < 4.78 is 0. The minimum Gasteiger partial charge on any atom is -0.317 e. The molecule has 2 heteroatoms. The maximum atomic E-state index is 8.28. The summed E-state index contributed by atoms with van der Waals surface area (Å²) in [6.07, 6.45) is 3.74. The third-order valence-corrected chi connectivity index (χ3v) is 1.02. The summed E-state index contributed by atoms with van der Waals surface area (Å²) in [6.45, 7) is 5.48. The average Bonchev–Trinajstić information content (AvgIpc) is 1.83. The molecule has 0 spiro atoms. The van der Waals surface area contributed by atoms with Gasteiger partial charge in [0, 0.05) is 6.04 Å². The SMILES string of the molecule is C=CCCC(C)NO. The van der Waals surface area contributed by atoms with Gasteiger partial charge in [-0.1, -0.05) is 6.08 Å². The van der Waals surface area contributed by atoms with Crippen molar-refractivity contribution >= 4 is 0 Å². The van der Waals surface area contributed by atoms with Crippen molar-refractivity contribution in [3.63, 3.8) is 0 Å². The van der Waals surface area contributed by atoms with Crippen LogP contribution in [-0.4, -0.2) is 11.2 Å². The summed E-state index contributed by atoms with van der Waals surface area (Å²) in [5.41, 5.74) is 2.15. The molecule has 0 aromatic rings. The van der Waals surface area contributed by atoms with E-state index >= 15 is 0 Å². The van der Waals surface area contributed by atoms with E-state index in [0.717, 1.165) is 12.8 Å². The summed E-state index contributed by atoms with van der Waals surface area (Å²) in [5.74, 6) is 0. The molecule has 0 bridgehead atoms. The second kappa shape index (κ2) is 4.81. The van der Waals surface area contributed by atoms with Crippen LogP contribution in [0.3, 0.4) is 0 Å². The Labute approximate surface area is 50.2 Å². The van der Waals surface area contributed by atoms with Crippen molar-refractivity contribution < 1.29 is 5.21 Å². The molecule has 0 aliphatic carbocycles. The molecule has 0 aromatic carbocycles. The van der Waals surface area contributed by atoms with Crippen molar-refractivity contribution in [1.29, 1.82) is 0 Å². The number of hydrogen-bond acceptors (Lipinski definition) is 2. The lowest BCUT2D eigenvalue weighted by Crippen LogP contribution is -2.21. The molecule has 0 amide bonds. The molecule has 0 saturated carbocycles. The van der Waals surface area contributed by atoms with E-state index in [9.17, 15) is 0 Å². The highest BCUT2D eigenvalue weighted by Gasteiger charge is 1.93. The zero-order valence-corrected chi connectivity index (χ0v) is 5.22. The number of allylic oxidation sites excluding steroid dienone is 1. The molecular weight excluding hydrogens is 102 g/mol. The lowest BCUT2D eigenvalue weighted by molar-refractivity contribution is 0.129. The van der Waals surface area contributed by atoms with Crippen molar-refractivity contribution in [2.45, 2.75) is 25.8 Å². The van der Waals surface area contributed by atoms with Crippen LogP contribution in [0, 0.1) is 0 Å². The van der Waals surface area contributed by atoms with Crippen LogP contribution in [0.5, 0.6) is 0 Å². The van der Waals surface area contributed by atoms with E-state index < -0.39 is 0 Å². The van der Waals surface area contributed by atoms with Crippen LogP contribution in [0.25, 0.3) is 0 Å². The fraction of sp³-hybridized carbons (Fsp3) is 0.667. The Morgan fingerprint density at radius 2 is 2.50 bits per heavy atom. The Morgan fingerprint density at radius 1 is 1.88 bits per heavy atom. The van der Waals surface area contributed by atoms with Gasteiger partial charge < -0.3 is 5.21 Å². The molecule has 2 nitrogen and oxygen atoms in total. The first-order valence-corrected chi connectivity index (χ1v) is 2.81. The maximum absolute atomic E-state index is 8.28. The van der Waals surface area contributed by atoms with Gasteiger partial charge in [-0.3, -0.25) is 0 Å². The van der Waals surface area contributed by atoms with Crippen molar-refractivity contribution in [3.8, 4) is 0 Å². The molecule has 1 atom stereocenters. The highest BCUT2D eigenvalue weighted by molar-refractivity contribution is 4.68. The lowest BCUT2D eigenvalue weighted by atomic mass is 10.2. The highest BCUT2D eigenvalue weighted by atomic mass is 16.5. The first-order valence-electron chi connectivity index (χ1n) is 2.81. The minimum atomic E-state index is 0.188. The summed E-state index contributed by atoms with van der Waals surface area (Å²) in [4.78, 5) is 0. The monoisotopic (exact) mass is 115 g/mol. The fourth-order valence-electron chi connectivity index (χ4n) is 0.432. The summed E-state index contributed by atoms with van der Waals surface area (Å²) in [7, 11) is 0. The molecule has 2 N–H and O–H groups in total. The Kier molecular flexibility index (Phi) is 4.61. The van der Waals surface area contributed by atoms with Crippen molar-refractivity contribution in [3.05, 3.63) is 12.7 Å². The average molecular weight is 115 g/mol. The summed E-state index contributed by atoms with van der Waals surface area (Å²) >= 11 is 0. The van der Waals surface area contributed by atoms with Gasteiger partial charge in [-0.05, 0) is 19.8 Å². The van der Waals surface area contributed by atoms with Crippen LogP contribution in [0.1, 0.15) is 19.8 Å². The Hall–Kier alpha value is -0.340. The topological polar surface area (TPSA) is 32.3 Å². The van der Waals surface area contributed by atoms with Gasteiger partial charge in [0.15, 0.2) is 0 Å². The second-order valence-electron chi connectivity index (χ2n) is 1.90. The van der Waals surface area contributed by atoms with Crippen LogP contribution in [-0.2, 0) is 0 Å². The van der Waals surface area contributed by atoms with E-state index in [-0.39, 0.29) is 6.04 Å². The Morgan fingerprint density at radius 3 is 2.88 bits per heavy atom. The molecule has 1 unspecified atom stereocenters. The third-order valence-electron chi connectivity index (χ3n) is 1.02. The van der Waals surface area contributed by atoms with Gasteiger partial charge in [0.1, 0.15) is 0 Å². The largest absolute Gasteiger partial charge is 0.317 e. The fourth-order valence-corrected chi connectivity index (χ4v) is 0.432. The van der Waals surface area contributed by atoms with Crippen LogP contribution in [0.4, 0.5) is 0 Å². The number of rotatable bonds is 4. The Balaban J connectivity index is 2.97. The van der Waals surface area contributed by atoms with Crippen LogP contribution >= 0.6 is 0 Å². The molecule has 0 radical (unpaired) electrons. The zero-order chi connectivity index (χ0) is 6.41. The molecule has 0 aliphatic heterocycles. The molecule has 48 valence electrons. The van der Waals surface area contributed by atoms with Gasteiger partial charge in [-0.25, -0.2) is 5.48 Å². The second-order valence-corrected chi connectivity index (χ2v) is 1.90. The maximum Gasteiger partial charge on any atom is 0.0294 e. The predicted molar refractivity (Wildman–Crippen MR) is 33.8 cm³/mol. The molecule has 0 heterocycles. The van der Waals surface area contributed by atoms with Gasteiger partial charge in [0.05, 0.1) is 0 Å². The summed E-state index contributed by atoms with van der Waals surface area (Å²) in [6, 6.07) is 0.188. The molecule has 0 aromatic heterocycles. The highest BCUT2D eigenvalue weighted by Crippen LogP contribution is 1.93. The smallest absolute Gasteiger partial charge is 0.0294 e. The van der Waals surface area contributed by atoms with Crippen LogP contribution < -0.4 is 5.48 Å². The standard InChI is InChI=1S/C6H13NO/c1-3-4-5-6(2)7-8/h3,6-8H,1,4-5H2,2H3. The van der Waals surface area contributed by atoms with E-state index in [1.807, 2.05) is 13.0 Å². The van der Waals surface area contributed by atoms with Crippen LogP contribution in [0.15, 0.2) is 12.7 Å². The number of hydrogen-bond donors (Lipinski definition) is 2. The van der Waals surface area contributed by atoms with Gasteiger partial charge in [0.2, 0.25) is 0 Å². The van der Waals surface area contributed by atoms with Gasteiger partial charge in [-0.15, -0.1) is 6.58 Å². The van der Waals surface area contributed by atoms with Gasteiger partial charge in [-0.2, -0.15) is 0 Å². The van der Waals surface area contributed by atoms with E-state index in [1.54, 1.807) is 0 Å². The Bertz CT molecular complexity index is 63.5. The van der Waals surface area contributed by atoms with Gasteiger partial charge in [0.25, 0.3) is 0 Å². The lowest BCUT2D eigenvalue weighted by Gasteiger charge is -2.04. The van der Waals surface area contributed by atoms with Gasteiger partial charge >= 0.3 is 0 Å². The third kappa shape index (κ3) is 3.84. The molecule has 0 aliphatic rings. The van der Waals surface area contributed by atoms with E-state index in [0.29, 0.717) is 0 Å². The normalized spacial score (nSPS) is 13.2. The van der Waals surface area contributed by atoms with Crippen molar-refractivity contribution in [2.75, 3.05) is 0 Å². The molecule has 0 fully saturated rings. The molecule has 0 rings (SSSR count). The summed E-state index contributed by atoms with van der Waals surface area (Å²) in [5, 5.41) is 8.28. The van der Waals surface area contributed by atoms with Crippen molar-refractivity contribution in [2.24, 2.45) is 0 Å². The van der Waals surface area contributed by atoms with E-state index in [1.165, 1.54) is 0 Å². The predicted octanol–water partition coefficient (Wildman–Crippen LogP) is 1.32. The van der Waals surface area contributed by atoms with Crippen molar-refractivity contribution in [1.82, 2.24) is 5.48 Å². The van der Waals surface area contributed by atoms with Crippen LogP contribution in [0.2, 0.25) is 0 Å². The minimum absolute atomic E-state index is 0.188. The first-order chi connectivity index (χ1) is 3.81. The molecular formula is C6H13NO. The van der Waals surface area contributed by atoms with E-state index in [2.05, 4.69) is 12.1 Å². The quantitative estimate of drug-likeness (QED) is 0.428. The number of hydroxylamine groups is 1. The first kappa shape index (κ1) is 7.66.